The van der Waals surface area contributed by atoms with Crippen molar-refractivity contribution in [3.05, 3.63) is 6.61 Å². The lowest BCUT2D eigenvalue weighted by molar-refractivity contribution is -0.140. The number of carbonyl (C=O) groups excluding carboxylic acids is 1. The summed E-state index contributed by atoms with van der Waals surface area (Å²) in [6.45, 7) is 5.37. The van der Waals surface area contributed by atoms with Crippen LogP contribution in [0.25, 0.3) is 0 Å². The van der Waals surface area contributed by atoms with E-state index in [0.29, 0.717) is 6.42 Å². The Balaban J connectivity index is 3.02. The van der Waals surface area contributed by atoms with Gasteiger partial charge < -0.3 is 4.74 Å². The zero-order chi connectivity index (χ0) is 9.94. The molecule has 1 radical (unpaired) electrons. The van der Waals surface area contributed by atoms with Crippen LogP contribution in [0, 0.1) is 6.61 Å². The van der Waals surface area contributed by atoms with Crippen molar-refractivity contribution in [2.75, 3.05) is 0 Å². The van der Waals surface area contributed by atoms with Crippen molar-refractivity contribution in [1.29, 1.82) is 0 Å². The highest BCUT2D eigenvalue weighted by Crippen LogP contribution is 2.07. The first-order valence-electron chi connectivity index (χ1n) is 5.28. The Morgan fingerprint density at radius 2 is 1.77 bits per heavy atom. The molecule has 0 saturated heterocycles. The first-order chi connectivity index (χ1) is 6.31. The van der Waals surface area contributed by atoms with E-state index in [2.05, 4.69) is 6.92 Å². The van der Waals surface area contributed by atoms with Crippen LogP contribution in [0.4, 0.5) is 0 Å². The first-order valence-corrected chi connectivity index (χ1v) is 5.28. The molecule has 0 heterocycles. The van der Waals surface area contributed by atoms with E-state index in [0.717, 1.165) is 12.8 Å². The molecule has 0 aromatic rings. The molecule has 0 atom stereocenters. The number of hydrogen-bond donors (Lipinski definition) is 0. The van der Waals surface area contributed by atoms with Gasteiger partial charge in [0.25, 0.3) is 0 Å². The minimum Gasteiger partial charge on any atom is -0.459 e. The van der Waals surface area contributed by atoms with Gasteiger partial charge >= 0.3 is 5.97 Å². The Bertz CT molecular complexity index is 121. The summed E-state index contributed by atoms with van der Waals surface area (Å²) in [6, 6.07) is 0. The van der Waals surface area contributed by atoms with Crippen molar-refractivity contribution in [2.24, 2.45) is 0 Å². The number of carbonyl (C=O) groups is 1. The van der Waals surface area contributed by atoms with Crippen molar-refractivity contribution < 1.29 is 9.53 Å². The maximum absolute atomic E-state index is 10.9. The molecule has 0 amide bonds. The summed E-state index contributed by atoms with van der Waals surface area (Å²) in [5.74, 6) is -0.0991. The summed E-state index contributed by atoms with van der Waals surface area (Å²) in [5, 5.41) is 0. The molecule has 13 heavy (non-hydrogen) atoms. The van der Waals surface area contributed by atoms with Crippen molar-refractivity contribution in [3.8, 4) is 0 Å². The van der Waals surface area contributed by atoms with Crippen LogP contribution in [-0.4, -0.2) is 5.97 Å². The van der Waals surface area contributed by atoms with Gasteiger partial charge in [0.05, 0.1) is 0 Å². The summed E-state index contributed by atoms with van der Waals surface area (Å²) in [7, 11) is 0. The second-order valence-electron chi connectivity index (χ2n) is 3.24. The highest BCUT2D eigenvalue weighted by molar-refractivity contribution is 5.69. The van der Waals surface area contributed by atoms with Crippen molar-refractivity contribution >= 4 is 5.97 Å². The molecule has 0 aliphatic carbocycles. The van der Waals surface area contributed by atoms with Gasteiger partial charge in [-0.25, -0.2) is 0 Å². The van der Waals surface area contributed by atoms with E-state index in [-0.39, 0.29) is 5.97 Å². The number of unbranched alkanes of at least 4 members (excludes halogenated alkanes) is 5. The summed E-state index contributed by atoms with van der Waals surface area (Å²) < 4.78 is 4.71. The van der Waals surface area contributed by atoms with E-state index in [1.807, 2.05) is 0 Å². The molecule has 0 aliphatic rings. The van der Waals surface area contributed by atoms with Gasteiger partial charge in [-0.05, 0) is 13.3 Å². The first kappa shape index (κ1) is 12.5. The highest BCUT2D eigenvalue weighted by Gasteiger charge is 2.00. The van der Waals surface area contributed by atoms with Gasteiger partial charge in [-0.1, -0.05) is 39.0 Å². The Hall–Kier alpha value is -0.530. The van der Waals surface area contributed by atoms with Gasteiger partial charge in [0, 0.05) is 6.42 Å². The van der Waals surface area contributed by atoms with Crippen LogP contribution in [-0.2, 0) is 9.53 Å². The minimum atomic E-state index is -0.0991. The monoisotopic (exact) mass is 185 g/mol. The third-order valence-corrected chi connectivity index (χ3v) is 1.98. The molecular formula is C11H21O2. The molecule has 2 heteroatoms. The van der Waals surface area contributed by atoms with Crippen LogP contribution in [0.3, 0.4) is 0 Å². The average molecular weight is 185 g/mol. The molecule has 0 unspecified atom stereocenters. The molecule has 0 N–H and O–H groups in total. The standard InChI is InChI=1S/C11H21O2/c1-3-5-6-7-8-9-10-11(12)13-4-2/h4H,3,5-10H2,1-2H3. The Morgan fingerprint density at radius 3 is 2.38 bits per heavy atom. The molecule has 77 valence electrons. The predicted octanol–water partition coefficient (Wildman–Crippen LogP) is 3.46. The molecule has 0 spiro atoms. The van der Waals surface area contributed by atoms with E-state index in [1.54, 1.807) is 6.92 Å². The lowest BCUT2D eigenvalue weighted by Gasteiger charge is -2.00. The number of rotatable bonds is 8. The van der Waals surface area contributed by atoms with Crippen LogP contribution in [0.2, 0.25) is 0 Å². The van der Waals surface area contributed by atoms with E-state index in [4.69, 9.17) is 4.74 Å². The van der Waals surface area contributed by atoms with Crippen LogP contribution in [0.1, 0.15) is 58.8 Å². The molecule has 0 aromatic heterocycles. The zero-order valence-electron chi connectivity index (χ0n) is 8.84. The second kappa shape index (κ2) is 9.56. The number of ether oxygens (including phenoxy) is 1. The minimum absolute atomic E-state index is 0.0991. The SMILES string of the molecule is C[CH]OC(=O)CCCCCCCC. The van der Waals surface area contributed by atoms with Crippen molar-refractivity contribution in [2.45, 2.75) is 58.8 Å². The molecule has 0 fully saturated rings. The summed E-state index contributed by atoms with van der Waals surface area (Å²) in [5.41, 5.74) is 0. The van der Waals surface area contributed by atoms with E-state index >= 15 is 0 Å². The van der Waals surface area contributed by atoms with Crippen LogP contribution in [0.5, 0.6) is 0 Å². The molecule has 0 bridgehead atoms. The fraction of sp³-hybridized carbons (Fsp3) is 0.818. The molecule has 0 saturated carbocycles. The third kappa shape index (κ3) is 9.38. The topological polar surface area (TPSA) is 26.3 Å². The van der Waals surface area contributed by atoms with Crippen LogP contribution in [0.15, 0.2) is 0 Å². The molecule has 0 aliphatic heterocycles. The van der Waals surface area contributed by atoms with Crippen LogP contribution < -0.4 is 0 Å². The van der Waals surface area contributed by atoms with Crippen molar-refractivity contribution in [3.63, 3.8) is 0 Å². The Morgan fingerprint density at radius 1 is 1.15 bits per heavy atom. The third-order valence-electron chi connectivity index (χ3n) is 1.98. The van der Waals surface area contributed by atoms with Crippen molar-refractivity contribution in [1.82, 2.24) is 0 Å². The predicted molar refractivity (Wildman–Crippen MR) is 54.1 cm³/mol. The van der Waals surface area contributed by atoms with Gasteiger partial charge in [-0.2, -0.15) is 0 Å². The lowest BCUT2D eigenvalue weighted by atomic mass is 10.1. The summed E-state index contributed by atoms with van der Waals surface area (Å²) in [6.07, 6.45) is 7.81. The second-order valence-corrected chi connectivity index (χ2v) is 3.24. The Labute approximate surface area is 81.7 Å². The lowest BCUT2D eigenvalue weighted by Crippen LogP contribution is -2.00. The van der Waals surface area contributed by atoms with Gasteiger partial charge in [0.15, 0.2) is 0 Å². The van der Waals surface area contributed by atoms with E-state index < -0.39 is 0 Å². The highest BCUT2D eigenvalue weighted by atomic mass is 16.5. The van der Waals surface area contributed by atoms with E-state index in [1.165, 1.54) is 32.3 Å². The smallest absolute Gasteiger partial charge is 0.306 e. The van der Waals surface area contributed by atoms with Crippen LogP contribution >= 0.6 is 0 Å². The number of esters is 1. The molecular weight excluding hydrogens is 164 g/mol. The molecule has 0 aromatic carbocycles. The maximum Gasteiger partial charge on any atom is 0.306 e. The molecule has 0 rings (SSSR count). The Kier molecular flexibility index (Phi) is 9.17. The number of hydrogen-bond acceptors (Lipinski definition) is 2. The molecule has 2 nitrogen and oxygen atoms in total. The van der Waals surface area contributed by atoms with Gasteiger partial charge in [-0.15, -0.1) is 0 Å². The van der Waals surface area contributed by atoms with Gasteiger partial charge in [-0.3, -0.25) is 4.79 Å². The van der Waals surface area contributed by atoms with Gasteiger partial charge in [0.1, 0.15) is 6.61 Å². The zero-order valence-corrected chi connectivity index (χ0v) is 8.84. The fourth-order valence-electron chi connectivity index (χ4n) is 1.24. The normalized spacial score (nSPS) is 10.0. The fourth-order valence-corrected chi connectivity index (χ4v) is 1.24. The maximum atomic E-state index is 10.9. The average Bonchev–Trinajstić information content (AvgIpc) is 2.11. The largest absolute Gasteiger partial charge is 0.459 e. The summed E-state index contributed by atoms with van der Waals surface area (Å²) >= 11 is 0. The quantitative estimate of drug-likeness (QED) is 0.427. The summed E-state index contributed by atoms with van der Waals surface area (Å²) in [4.78, 5) is 10.9. The van der Waals surface area contributed by atoms with E-state index in [9.17, 15) is 4.79 Å². The van der Waals surface area contributed by atoms with Gasteiger partial charge in [0.2, 0.25) is 0 Å².